The van der Waals surface area contributed by atoms with Crippen LogP contribution >= 0.6 is 0 Å². The maximum atomic E-state index is 9.76. The van der Waals surface area contributed by atoms with Gasteiger partial charge in [0.05, 0.1) is 0 Å². The Bertz CT molecular complexity index is 495. The molecule has 1 radical (unpaired) electrons. The van der Waals surface area contributed by atoms with Crippen molar-refractivity contribution in [2.45, 2.75) is 32.6 Å². The van der Waals surface area contributed by atoms with Gasteiger partial charge in [-0.3, -0.25) is 0 Å². The molecule has 1 N–H and O–H groups in total. The molecule has 0 saturated heterocycles. The minimum Gasteiger partial charge on any atom is -0.506 e. The van der Waals surface area contributed by atoms with E-state index in [1.165, 1.54) is 0 Å². The summed E-state index contributed by atoms with van der Waals surface area (Å²) in [5, 5.41) is 10.8. The van der Waals surface area contributed by atoms with Gasteiger partial charge in [-0.1, -0.05) is 32.0 Å². The molecule has 0 spiro atoms. The Kier molecular flexibility index (Phi) is 5.64. The molecule has 2 nitrogen and oxygen atoms in total. The quantitative estimate of drug-likeness (QED) is 0.909. The SMILES string of the molecule is CCC(CC)c1ccc2cccc(O)c2n1.[La]. The second-order valence-corrected chi connectivity index (χ2v) is 4.10. The van der Waals surface area contributed by atoms with E-state index in [4.69, 9.17) is 0 Å². The first-order valence-corrected chi connectivity index (χ1v) is 5.84. The molecular weight excluding hydrogens is 337 g/mol. The predicted octanol–water partition coefficient (Wildman–Crippen LogP) is 3.84. The first-order chi connectivity index (χ1) is 7.76. The van der Waals surface area contributed by atoms with Crippen molar-refractivity contribution in [3.8, 4) is 5.75 Å². The smallest absolute Gasteiger partial charge is 0.141 e. The van der Waals surface area contributed by atoms with Gasteiger partial charge in [0.25, 0.3) is 0 Å². The molecule has 0 aliphatic carbocycles. The van der Waals surface area contributed by atoms with Gasteiger partial charge in [-0.15, -0.1) is 0 Å². The predicted molar refractivity (Wildman–Crippen MR) is 66.7 cm³/mol. The summed E-state index contributed by atoms with van der Waals surface area (Å²) in [6.45, 7) is 4.34. The van der Waals surface area contributed by atoms with Crippen LogP contribution in [0.3, 0.4) is 0 Å². The molecule has 3 heteroatoms. The van der Waals surface area contributed by atoms with E-state index in [2.05, 4.69) is 24.9 Å². The fourth-order valence-electron chi connectivity index (χ4n) is 2.08. The standard InChI is InChI=1S/C14H17NO.La/c1-3-10(4-2)12-9-8-11-6-5-7-13(16)14(11)15-12;/h5-10,16H,3-4H2,1-2H3;. The van der Waals surface area contributed by atoms with Crippen molar-refractivity contribution in [2.75, 3.05) is 0 Å². The van der Waals surface area contributed by atoms with Crippen molar-refractivity contribution in [3.63, 3.8) is 0 Å². The van der Waals surface area contributed by atoms with E-state index < -0.39 is 0 Å². The third-order valence-corrected chi connectivity index (χ3v) is 3.12. The molecule has 0 bridgehead atoms. The maximum absolute atomic E-state index is 9.76. The molecule has 1 heterocycles. The maximum Gasteiger partial charge on any atom is 0.141 e. The van der Waals surface area contributed by atoms with Crippen molar-refractivity contribution in [1.29, 1.82) is 0 Å². The first kappa shape index (κ1) is 14.7. The molecule has 2 rings (SSSR count). The molecule has 0 amide bonds. The zero-order valence-electron chi connectivity index (χ0n) is 10.4. The number of aromatic hydroxyl groups is 1. The van der Waals surface area contributed by atoms with Crippen LogP contribution in [0.1, 0.15) is 38.3 Å². The monoisotopic (exact) mass is 354 g/mol. The van der Waals surface area contributed by atoms with E-state index in [1.807, 2.05) is 18.2 Å². The van der Waals surface area contributed by atoms with Crippen LogP contribution in [-0.2, 0) is 0 Å². The number of fused-ring (bicyclic) bond motifs is 1. The number of pyridine rings is 1. The van der Waals surface area contributed by atoms with Crippen molar-refractivity contribution >= 4 is 10.9 Å². The van der Waals surface area contributed by atoms with Gasteiger partial charge in [-0.2, -0.15) is 0 Å². The fourth-order valence-corrected chi connectivity index (χ4v) is 2.08. The van der Waals surface area contributed by atoms with Gasteiger partial charge in [0, 0.05) is 52.6 Å². The van der Waals surface area contributed by atoms with Gasteiger partial charge in [-0.05, 0) is 25.0 Å². The number of rotatable bonds is 3. The van der Waals surface area contributed by atoms with E-state index in [1.54, 1.807) is 6.07 Å². The Morgan fingerprint density at radius 2 is 1.82 bits per heavy atom. The molecule has 1 aromatic carbocycles. The van der Waals surface area contributed by atoms with E-state index >= 15 is 0 Å². The number of nitrogens with zero attached hydrogens (tertiary/aromatic N) is 1. The molecule has 0 fully saturated rings. The third-order valence-electron chi connectivity index (χ3n) is 3.12. The Morgan fingerprint density at radius 1 is 1.12 bits per heavy atom. The second kappa shape index (κ2) is 6.53. The molecule has 0 aliphatic rings. The van der Waals surface area contributed by atoms with Crippen molar-refractivity contribution in [2.24, 2.45) is 0 Å². The van der Waals surface area contributed by atoms with Gasteiger partial charge in [0.2, 0.25) is 0 Å². The van der Waals surface area contributed by atoms with Crippen LogP contribution in [0.5, 0.6) is 5.75 Å². The van der Waals surface area contributed by atoms with Gasteiger partial charge in [0.15, 0.2) is 0 Å². The number of aromatic nitrogens is 1. The Morgan fingerprint density at radius 3 is 2.47 bits per heavy atom. The van der Waals surface area contributed by atoms with Crippen LogP contribution in [-0.4, -0.2) is 10.1 Å². The summed E-state index contributed by atoms with van der Waals surface area (Å²) in [7, 11) is 0. The zero-order chi connectivity index (χ0) is 11.5. The Labute approximate surface area is 130 Å². The van der Waals surface area contributed by atoms with Gasteiger partial charge in [-0.25, -0.2) is 4.98 Å². The number of hydrogen-bond donors (Lipinski definition) is 1. The molecule has 0 atom stereocenters. The first-order valence-electron chi connectivity index (χ1n) is 5.84. The molecule has 0 saturated carbocycles. The summed E-state index contributed by atoms with van der Waals surface area (Å²) in [6, 6.07) is 9.61. The van der Waals surface area contributed by atoms with E-state index in [9.17, 15) is 5.11 Å². The molecule has 0 unspecified atom stereocenters. The number of para-hydroxylation sites is 1. The van der Waals surface area contributed by atoms with E-state index in [-0.39, 0.29) is 41.3 Å². The van der Waals surface area contributed by atoms with Crippen molar-refractivity contribution in [1.82, 2.24) is 4.98 Å². The normalized spacial score (nSPS) is 10.5. The van der Waals surface area contributed by atoms with Crippen LogP contribution in [0.4, 0.5) is 0 Å². The molecule has 17 heavy (non-hydrogen) atoms. The van der Waals surface area contributed by atoms with Crippen LogP contribution in [0.2, 0.25) is 0 Å². The van der Waals surface area contributed by atoms with Gasteiger partial charge < -0.3 is 5.11 Å². The summed E-state index contributed by atoms with van der Waals surface area (Å²) in [4.78, 5) is 4.57. The fraction of sp³-hybridized carbons (Fsp3) is 0.357. The molecular formula is C14H17LaNO. The van der Waals surface area contributed by atoms with Crippen LogP contribution in [0, 0.1) is 35.6 Å². The second-order valence-electron chi connectivity index (χ2n) is 4.10. The number of phenolic OH excluding ortho intramolecular Hbond substituents is 1. The summed E-state index contributed by atoms with van der Waals surface area (Å²) in [5.74, 6) is 0.759. The van der Waals surface area contributed by atoms with Crippen LogP contribution in [0.25, 0.3) is 10.9 Å². The molecule has 2 aromatic rings. The minimum atomic E-state index is 0. The van der Waals surface area contributed by atoms with Crippen molar-refractivity contribution < 1.29 is 40.7 Å². The summed E-state index contributed by atoms with van der Waals surface area (Å²) < 4.78 is 0. The molecule has 87 valence electrons. The number of benzene rings is 1. The largest absolute Gasteiger partial charge is 0.506 e. The van der Waals surface area contributed by atoms with Gasteiger partial charge >= 0.3 is 0 Å². The Hall–Kier alpha value is -0.375. The topological polar surface area (TPSA) is 33.1 Å². The minimum absolute atomic E-state index is 0. The number of phenols is 1. The average molecular weight is 354 g/mol. The third kappa shape index (κ3) is 3.09. The van der Waals surface area contributed by atoms with Crippen LogP contribution < -0.4 is 0 Å². The van der Waals surface area contributed by atoms with Crippen LogP contribution in [0.15, 0.2) is 30.3 Å². The zero-order valence-corrected chi connectivity index (χ0v) is 14.0. The van der Waals surface area contributed by atoms with Crippen molar-refractivity contribution in [3.05, 3.63) is 36.0 Å². The summed E-state index contributed by atoms with van der Waals surface area (Å²) in [6.07, 6.45) is 2.17. The van der Waals surface area contributed by atoms with E-state index in [0.29, 0.717) is 11.4 Å². The van der Waals surface area contributed by atoms with Gasteiger partial charge in [0.1, 0.15) is 11.3 Å². The summed E-state index contributed by atoms with van der Waals surface area (Å²) in [5.41, 5.74) is 1.80. The Balaban J connectivity index is 0.00000144. The van der Waals surface area contributed by atoms with E-state index in [0.717, 1.165) is 23.9 Å². The average Bonchev–Trinajstić information content (AvgIpc) is 2.32. The molecule has 0 aliphatic heterocycles. The number of hydrogen-bond acceptors (Lipinski definition) is 2. The molecule has 1 aromatic heterocycles. The summed E-state index contributed by atoms with van der Waals surface area (Å²) >= 11 is 0.